The van der Waals surface area contributed by atoms with Crippen LogP contribution < -0.4 is 9.80 Å². The quantitative estimate of drug-likeness (QED) is 0.848. The van der Waals surface area contributed by atoms with Crippen LogP contribution in [-0.2, 0) is 0 Å². The van der Waals surface area contributed by atoms with E-state index in [2.05, 4.69) is 22.0 Å². The molecule has 0 radical (unpaired) electrons. The van der Waals surface area contributed by atoms with Gasteiger partial charge in [0.05, 0.1) is 5.69 Å². The van der Waals surface area contributed by atoms with E-state index in [-0.39, 0.29) is 11.7 Å². The van der Waals surface area contributed by atoms with Gasteiger partial charge in [0, 0.05) is 31.7 Å². The number of benzene rings is 1. The molecule has 1 aromatic carbocycles. The molecule has 24 heavy (non-hydrogen) atoms. The molecule has 7 heteroatoms. The SMILES string of the molecule is CC1CCN(c2ccc(F)cc2F)CCN1c1ccc(C#N)nn1. The van der Waals surface area contributed by atoms with Crippen LogP contribution in [0, 0.1) is 23.0 Å². The highest BCUT2D eigenvalue weighted by Crippen LogP contribution is 2.24. The second-order valence-electron chi connectivity index (χ2n) is 5.80. The van der Waals surface area contributed by atoms with Crippen molar-refractivity contribution in [2.45, 2.75) is 19.4 Å². The molecule has 2 aromatic rings. The normalized spacial score (nSPS) is 18.2. The van der Waals surface area contributed by atoms with Crippen LogP contribution in [0.5, 0.6) is 0 Å². The minimum atomic E-state index is -0.575. The molecule has 1 saturated heterocycles. The van der Waals surface area contributed by atoms with E-state index in [0.717, 1.165) is 12.5 Å². The second kappa shape index (κ2) is 6.79. The van der Waals surface area contributed by atoms with Crippen molar-refractivity contribution in [2.75, 3.05) is 29.4 Å². The molecule has 1 fully saturated rings. The fourth-order valence-electron chi connectivity index (χ4n) is 2.92. The molecule has 1 aliphatic rings. The topological polar surface area (TPSA) is 56.0 Å². The van der Waals surface area contributed by atoms with E-state index in [1.165, 1.54) is 12.1 Å². The zero-order valence-electron chi connectivity index (χ0n) is 13.3. The first-order chi connectivity index (χ1) is 11.6. The van der Waals surface area contributed by atoms with Gasteiger partial charge in [0.1, 0.15) is 17.7 Å². The van der Waals surface area contributed by atoms with Gasteiger partial charge >= 0.3 is 0 Å². The Hall–Kier alpha value is -2.75. The fourth-order valence-corrected chi connectivity index (χ4v) is 2.92. The first kappa shape index (κ1) is 16.1. The van der Waals surface area contributed by atoms with Gasteiger partial charge in [0.2, 0.25) is 0 Å². The number of anilines is 2. The number of aromatic nitrogens is 2. The molecular weight excluding hydrogens is 312 g/mol. The van der Waals surface area contributed by atoms with Crippen molar-refractivity contribution in [3.63, 3.8) is 0 Å². The molecule has 3 rings (SSSR count). The number of hydrogen-bond acceptors (Lipinski definition) is 5. The molecule has 1 aliphatic heterocycles. The minimum absolute atomic E-state index is 0.195. The summed E-state index contributed by atoms with van der Waals surface area (Å²) in [4.78, 5) is 4.01. The average Bonchev–Trinajstić information content (AvgIpc) is 2.77. The maximum absolute atomic E-state index is 14.0. The third-order valence-electron chi connectivity index (χ3n) is 4.27. The lowest BCUT2D eigenvalue weighted by atomic mass is 10.2. The smallest absolute Gasteiger partial charge is 0.163 e. The monoisotopic (exact) mass is 329 g/mol. The summed E-state index contributed by atoms with van der Waals surface area (Å²) < 4.78 is 27.1. The van der Waals surface area contributed by atoms with Crippen molar-refractivity contribution in [1.29, 1.82) is 5.26 Å². The first-order valence-corrected chi connectivity index (χ1v) is 7.79. The van der Waals surface area contributed by atoms with E-state index >= 15 is 0 Å². The number of rotatable bonds is 2. The average molecular weight is 329 g/mol. The molecule has 1 unspecified atom stereocenters. The number of nitriles is 1. The van der Waals surface area contributed by atoms with Crippen LogP contribution in [0.3, 0.4) is 0 Å². The molecule has 0 bridgehead atoms. The zero-order valence-corrected chi connectivity index (χ0v) is 13.3. The van der Waals surface area contributed by atoms with Gasteiger partial charge in [-0.3, -0.25) is 0 Å². The van der Waals surface area contributed by atoms with E-state index in [0.29, 0.717) is 31.1 Å². The van der Waals surface area contributed by atoms with E-state index < -0.39 is 11.6 Å². The molecule has 0 N–H and O–H groups in total. The lowest BCUT2D eigenvalue weighted by molar-refractivity contribution is 0.578. The highest BCUT2D eigenvalue weighted by molar-refractivity contribution is 5.49. The van der Waals surface area contributed by atoms with Gasteiger partial charge in [-0.2, -0.15) is 5.26 Å². The highest BCUT2D eigenvalue weighted by Gasteiger charge is 2.23. The molecule has 124 valence electrons. The van der Waals surface area contributed by atoms with E-state index in [1.807, 2.05) is 11.0 Å². The van der Waals surface area contributed by atoms with E-state index in [9.17, 15) is 8.78 Å². The Kier molecular flexibility index (Phi) is 4.56. The predicted octanol–water partition coefficient (Wildman–Crippen LogP) is 2.73. The zero-order chi connectivity index (χ0) is 17.1. The maximum Gasteiger partial charge on any atom is 0.163 e. The lowest BCUT2D eigenvalue weighted by Crippen LogP contribution is -2.35. The Morgan fingerprint density at radius 3 is 2.62 bits per heavy atom. The predicted molar refractivity (Wildman–Crippen MR) is 86.7 cm³/mol. The van der Waals surface area contributed by atoms with Crippen LogP contribution >= 0.6 is 0 Å². The van der Waals surface area contributed by atoms with Crippen LogP contribution in [0.25, 0.3) is 0 Å². The molecule has 0 spiro atoms. The Morgan fingerprint density at radius 1 is 1.12 bits per heavy atom. The third-order valence-corrected chi connectivity index (χ3v) is 4.27. The summed E-state index contributed by atoms with van der Waals surface area (Å²) in [6.07, 6.45) is 0.804. The van der Waals surface area contributed by atoms with Gasteiger partial charge in [0.25, 0.3) is 0 Å². The van der Waals surface area contributed by atoms with Crippen molar-refractivity contribution in [3.05, 3.63) is 47.7 Å². The Labute approximate surface area is 139 Å². The van der Waals surface area contributed by atoms with Crippen LogP contribution in [0.4, 0.5) is 20.3 Å². The fraction of sp³-hybridized carbons (Fsp3) is 0.353. The second-order valence-corrected chi connectivity index (χ2v) is 5.80. The summed E-state index contributed by atoms with van der Waals surface area (Å²) in [7, 11) is 0. The summed E-state index contributed by atoms with van der Waals surface area (Å²) >= 11 is 0. The Balaban J connectivity index is 1.78. The van der Waals surface area contributed by atoms with Gasteiger partial charge in [0.15, 0.2) is 11.5 Å². The number of hydrogen-bond donors (Lipinski definition) is 0. The first-order valence-electron chi connectivity index (χ1n) is 7.79. The molecule has 2 heterocycles. The molecular formula is C17H17F2N5. The number of halogens is 2. The van der Waals surface area contributed by atoms with Gasteiger partial charge in [-0.1, -0.05) is 0 Å². The number of nitrogens with zero attached hydrogens (tertiary/aromatic N) is 5. The summed E-state index contributed by atoms with van der Waals surface area (Å²) in [6, 6.07) is 9.22. The van der Waals surface area contributed by atoms with E-state index in [4.69, 9.17) is 5.26 Å². The summed E-state index contributed by atoms with van der Waals surface area (Å²) in [5.74, 6) is -0.425. The Bertz CT molecular complexity index is 757. The van der Waals surface area contributed by atoms with Crippen molar-refractivity contribution >= 4 is 11.5 Å². The largest absolute Gasteiger partial charge is 0.367 e. The molecule has 1 aromatic heterocycles. The third kappa shape index (κ3) is 3.27. The molecule has 0 amide bonds. The van der Waals surface area contributed by atoms with Crippen LogP contribution in [0.15, 0.2) is 30.3 Å². The highest BCUT2D eigenvalue weighted by atomic mass is 19.1. The van der Waals surface area contributed by atoms with Gasteiger partial charge < -0.3 is 9.80 Å². The summed E-state index contributed by atoms with van der Waals surface area (Å²) in [5, 5.41) is 16.8. The summed E-state index contributed by atoms with van der Waals surface area (Å²) in [6.45, 7) is 3.97. The summed E-state index contributed by atoms with van der Waals surface area (Å²) in [5.41, 5.74) is 0.688. The molecule has 5 nitrogen and oxygen atoms in total. The van der Waals surface area contributed by atoms with Crippen molar-refractivity contribution < 1.29 is 8.78 Å². The molecule has 1 atom stereocenters. The standard InChI is InChI=1S/C17H17F2N5/c1-12-6-7-23(16-4-2-13(18)10-15(16)19)8-9-24(12)17-5-3-14(11-20)21-22-17/h2-5,10,12H,6-9H2,1H3. The molecule has 0 saturated carbocycles. The van der Waals surface area contributed by atoms with Crippen LogP contribution in [0.2, 0.25) is 0 Å². The van der Waals surface area contributed by atoms with Crippen LogP contribution in [-0.4, -0.2) is 35.9 Å². The lowest BCUT2D eigenvalue weighted by Gasteiger charge is -2.27. The van der Waals surface area contributed by atoms with Gasteiger partial charge in [-0.25, -0.2) is 8.78 Å². The van der Waals surface area contributed by atoms with Crippen molar-refractivity contribution in [2.24, 2.45) is 0 Å². The van der Waals surface area contributed by atoms with E-state index in [1.54, 1.807) is 12.1 Å². The Morgan fingerprint density at radius 2 is 1.96 bits per heavy atom. The van der Waals surface area contributed by atoms with Crippen molar-refractivity contribution in [3.8, 4) is 6.07 Å². The van der Waals surface area contributed by atoms with Gasteiger partial charge in [-0.05, 0) is 37.6 Å². The molecule has 0 aliphatic carbocycles. The van der Waals surface area contributed by atoms with Crippen molar-refractivity contribution in [1.82, 2.24) is 10.2 Å². The van der Waals surface area contributed by atoms with Gasteiger partial charge in [-0.15, -0.1) is 10.2 Å². The minimum Gasteiger partial charge on any atom is -0.367 e. The maximum atomic E-state index is 14.0. The van der Waals surface area contributed by atoms with Crippen LogP contribution in [0.1, 0.15) is 19.0 Å².